The normalized spacial score (nSPS) is 9.42. The van der Waals surface area contributed by atoms with Crippen LogP contribution in [0, 0.1) is 0 Å². The number of carbonyl (C=O) groups excluding carboxylic acids is 1. The molecule has 0 aromatic carbocycles. The van der Waals surface area contributed by atoms with E-state index in [1.807, 2.05) is 0 Å². The Hall–Kier alpha value is -1.41. The van der Waals surface area contributed by atoms with Crippen molar-refractivity contribution >= 4 is 29.6 Å². The number of carbonyl (C=O) groups is 1. The van der Waals surface area contributed by atoms with Gasteiger partial charge in [-0.3, -0.25) is 10.9 Å². The Morgan fingerprint density at radius 2 is 2.42 bits per heavy atom. The zero-order chi connectivity index (χ0) is 9.40. The molecule has 0 bridgehead atoms. The van der Waals surface area contributed by atoms with Crippen LogP contribution in [0.15, 0.2) is 5.10 Å². The summed E-state index contributed by atoms with van der Waals surface area (Å²) in [5.41, 5.74) is 9.07. The minimum atomic E-state index is -0.739. The van der Waals surface area contributed by atoms with Gasteiger partial charge < -0.3 is 10.5 Å². The molecule has 12 heavy (non-hydrogen) atoms. The summed E-state index contributed by atoms with van der Waals surface area (Å²) in [6.07, 6.45) is 0.533. The summed E-state index contributed by atoms with van der Waals surface area (Å²) < 4.78 is 4.42. The summed E-state index contributed by atoms with van der Waals surface area (Å²) in [5.74, 6) is 4.71. The summed E-state index contributed by atoms with van der Waals surface area (Å²) in [7, 11) is 0. The average Bonchev–Trinajstić information content (AvgIpc) is 2.03. The van der Waals surface area contributed by atoms with Crippen molar-refractivity contribution in [3.63, 3.8) is 0 Å². The van der Waals surface area contributed by atoms with Crippen molar-refractivity contribution < 1.29 is 9.53 Å². The Morgan fingerprint density at radius 1 is 1.75 bits per heavy atom. The van der Waals surface area contributed by atoms with E-state index in [0.29, 0.717) is 0 Å². The molecule has 0 fully saturated rings. The molecule has 0 aliphatic heterocycles. The van der Waals surface area contributed by atoms with Crippen LogP contribution < -0.4 is 22.4 Å². The number of amides is 1. The summed E-state index contributed by atoms with van der Waals surface area (Å²) >= 11 is 4.43. The van der Waals surface area contributed by atoms with Crippen LogP contribution >= 0.6 is 12.2 Å². The summed E-state index contributed by atoms with van der Waals surface area (Å²) in [4.78, 5) is 10.3. The Balaban J connectivity index is 3.36. The maximum Gasteiger partial charge on any atom is 0.421 e. The highest BCUT2D eigenvalue weighted by Crippen LogP contribution is 1.71. The maximum absolute atomic E-state index is 10.3. The van der Waals surface area contributed by atoms with Crippen LogP contribution in [0.5, 0.6) is 0 Å². The van der Waals surface area contributed by atoms with Crippen molar-refractivity contribution in [1.82, 2.24) is 10.9 Å². The zero-order valence-electron chi connectivity index (χ0n) is 6.11. The smallest absolute Gasteiger partial charge is 0.421 e. The molecule has 0 aromatic heterocycles. The van der Waals surface area contributed by atoms with Gasteiger partial charge in [0.15, 0.2) is 5.11 Å². The highest BCUT2D eigenvalue weighted by Gasteiger charge is 1.93. The fourth-order valence-electron chi connectivity index (χ4n) is 0.301. The number of nitrogens with two attached hydrogens (primary N) is 2. The Kier molecular flexibility index (Phi) is 5.57. The largest absolute Gasteiger partial charge is 0.443 e. The third kappa shape index (κ3) is 6.71. The molecule has 7 nitrogen and oxygen atoms in total. The molecule has 0 saturated heterocycles. The van der Waals surface area contributed by atoms with Gasteiger partial charge in [-0.05, 0) is 12.2 Å². The number of rotatable bonds is 3. The second-order valence-electron chi connectivity index (χ2n) is 1.53. The summed E-state index contributed by atoms with van der Waals surface area (Å²) in [6.45, 7) is -0.0152. The molecule has 0 atom stereocenters. The third-order valence-corrected chi connectivity index (χ3v) is 0.764. The number of hydrazone groups is 1. The van der Waals surface area contributed by atoms with Crippen molar-refractivity contribution in [3.8, 4) is 0 Å². The highest BCUT2D eigenvalue weighted by molar-refractivity contribution is 7.80. The van der Waals surface area contributed by atoms with Gasteiger partial charge in [-0.25, -0.2) is 10.6 Å². The molecule has 0 aliphatic carbocycles. The molecule has 68 valence electrons. The summed E-state index contributed by atoms with van der Waals surface area (Å²) in [6, 6.07) is 0. The van der Waals surface area contributed by atoms with Gasteiger partial charge in [-0.15, -0.1) is 0 Å². The Bertz CT molecular complexity index is 194. The predicted molar refractivity (Wildman–Crippen MR) is 47.1 cm³/mol. The first-order valence-corrected chi connectivity index (χ1v) is 3.28. The molecule has 0 unspecified atom stereocenters. The van der Waals surface area contributed by atoms with Gasteiger partial charge in [0, 0.05) is 0 Å². The minimum Gasteiger partial charge on any atom is -0.443 e. The first-order valence-electron chi connectivity index (χ1n) is 2.87. The molecular formula is C4H9N5O2S. The van der Waals surface area contributed by atoms with Crippen LogP contribution in [-0.4, -0.2) is 24.0 Å². The molecule has 0 saturated carbocycles. The van der Waals surface area contributed by atoms with Crippen LogP contribution in [-0.2, 0) is 4.74 Å². The fraction of sp³-hybridized carbons (Fsp3) is 0.250. The van der Waals surface area contributed by atoms with E-state index in [0.717, 1.165) is 0 Å². The second-order valence-corrected chi connectivity index (χ2v) is 1.97. The summed E-state index contributed by atoms with van der Waals surface area (Å²) in [5, 5.41) is 3.53. The molecule has 0 rings (SSSR count). The van der Waals surface area contributed by atoms with Gasteiger partial charge in [0.25, 0.3) is 0 Å². The molecule has 1 amide bonds. The lowest BCUT2D eigenvalue weighted by molar-refractivity contribution is 0.163. The number of thiocarbonyl (C=S) groups is 1. The number of hydrogen-bond donors (Lipinski definition) is 4. The van der Waals surface area contributed by atoms with Crippen LogP contribution in [0.3, 0.4) is 0 Å². The van der Waals surface area contributed by atoms with Crippen molar-refractivity contribution in [1.29, 1.82) is 0 Å². The first-order chi connectivity index (χ1) is 5.66. The van der Waals surface area contributed by atoms with E-state index in [1.54, 1.807) is 5.43 Å². The van der Waals surface area contributed by atoms with Gasteiger partial charge in [-0.2, -0.15) is 5.10 Å². The van der Waals surface area contributed by atoms with Crippen LogP contribution in [0.4, 0.5) is 4.79 Å². The molecule has 0 heterocycles. The van der Waals surface area contributed by atoms with Crippen LogP contribution in [0.25, 0.3) is 0 Å². The molecule has 0 aromatic rings. The number of nitrogens with one attached hydrogen (secondary N) is 2. The first kappa shape index (κ1) is 10.6. The van der Waals surface area contributed by atoms with E-state index in [4.69, 9.17) is 11.6 Å². The molecule has 0 aliphatic rings. The van der Waals surface area contributed by atoms with Crippen molar-refractivity contribution in [2.45, 2.75) is 0 Å². The predicted octanol–water partition coefficient (Wildman–Crippen LogP) is -1.59. The molecule has 6 N–H and O–H groups in total. The number of ether oxygens (including phenoxy) is 1. The zero-order valence-corrected chi connectivity index (χ0v) is 6.93. The van der Waals surface area contributed by atoms with E-state index in [2.05, 4.69) is 27.5 Å². The lowest BCUT2D eigenvalue weighted by Gasteiger charge is -1.98. The maximum atomic E-state index is 10.3. The van der Waals surface area contributed by atoms with Crippen molar-refractivity contribution in [3.05, 3.63) is 0 Å². The lowest BCUT2D eigenvalue weighted by Crippen LogP contribution is -2.31. The van der Waals surface area contributed by atoms with Crippen molar-refractivity contribution in [2.75, 3.05) is 6.61 Å². The quantitative estimate of drug-likeness (QED) is 0.140. The Morgan fingerprint density at radius 3 is 2.92 bits per heavy atom. The van der Waals surface area contributed by atoms with Gasteiger partial charge >= 0.3 is 6.09 Å². The van der Waals surface area contributed by atoms with Crippen LogP contribution in [0.2, 0.25) is 0 Å². The Labute approximate surface area is 74.1 Å². The van der Waals surface area contributed by atoms with E-state index < -0.39 is 6.09 Å². The number of hydrogen-bond acceptors (Lipinski definition) is 5. The van der Waals surface area contributed by atoms with Gasteiger partial charge in [0.2, 0.25) is 0 Å². The van der Waals surface area contributed by atoms with E-state index >= 15 is 0 Å². The standard InChI is InChI=1S/C4H9N5O2S/c5-3(12)9-7-1-2-11-4(10)8-6/h1H,2,6H2,(H,8,10)(H3,5,9,12). The van der Waals surface area contributed by atoms with Gasteiger partial charge in [-0.1, -0.05) is 0 Å². The third-order valence-electron chi connectivity index (χ3n) is 0.673. The molecular weight excluding hydrogens is 182 g/mol. The van der Waals surface area contributed by atoms with E-state index in [1.165, 1.54) is 6.21 Å². The molecule has 8 heteroatoms. The molecule has 0 spiro atoms. The van der Waals surface area contributed by atoms with Crippen molar-refractivity contribution in [2.24, 2.45) is 16.7 Å². The van der Waals surface area contributed by atoms with Gasteiger partial charge in [0.05, 0.1) is 6.21 Å². The number of hydrazine groups is 1. The number of nitrogens with zero attached hydrogens (tertiary/aromatic N) is 1. The van der Waals surface area contributed by atoms with Crippen LogP contribution in [0.1, 0.15) is 0 Å². The fourth-order valence-corrected chi connectivity index (χ4v) is 0.354. The van der Waals surface area contributed by atoms with E-state index in [-0.39, 0.29) is 11.7 Å². The molecule has 0 radical (unpaired) electrons. The SMILES string of the molecule is NNC(=O)OCC=NNC(N)=S. The average molecular weight is 191 g/mol. The topological polar surface area (TPSA) is 115 Å². The second kappa shape index (κ2) is 6.31. The monoisotopic (exact) mass is 191 g/mol. The minimum absolute atomic E-state index is 0.0152. The van der Waals surface area contributed by atoms with Gasteiger partial charge in [0.1, 0.15) is 6.61 Å². The van der Waals surface area contributed by atoms with E-state index in [9.17, 15) is 4.79 Å². The lowest BCUT2D eigenvalue weighted by atomic mass is 10.8. The highest BCUT2D eigenvalue weighted by atomic mass is 32.1.